The summed E-state index contributed by atoms with van der Waals surface area (Å²) in [6, 6.07) is 16.2. The van der Waals surface area contributed by atoms with Gasteiger partial charge in [0.15, 0.2) is 0 Å². The molecule has 100 valence electrons. The molecule has 2 aromatic carbocycles. The molecule has 0 fully saturated rings. The van der Waals surface area contributed by atoms with Crippen LogP contribution in [0.4, 0.5) is 0 Å². The molecule has 0 heterocycles. The van der Waals surface area contributed by atoms with E-state index in [4.69, 9.17) is 0 Å². The maximum absolute atomic E-state index is 10.7. The first-order chi connectivity index (χ1) is 8.91. The SMILES string of the molecule is Cc1ccccc1C(O)c1ccccc1C(C)(C)C. The molecule has 19 heavy (non-hydrogen) atoms. The second-order valence-corrected chi connectivity index (χ2v) is 6.10. The van der Waals surface area contributed by atoms with Crippen LogP contribution in [0.3, 0.4) is 0 Å². The van der Waals surface area contributed by atoms with Crippen molar-refractivity contribution in [3.8, 4) is 0 Å². The summed E-state index contributed by atoms with van der Waals surface area (Å²) < 4.78 is 0. The van der Waals surface area contributed by atoms with Crippen LogP contribution >= 0.6 is 0 Å². The van der Waals surface area contributed by atoms with Gasteiger partial charge in [0, 0.05) is 0 Å². The molecular weight excluding hydrogens is 232 g/mol. The Kier molecular flexibility index (Phi) is 3.77. The Hall–Kier alpha value is -1.60. The minimum atomic E-state index is -0.559. The zero-order chi connectivity index (χ0) is 14.0. The van der Waals surface area contributed by atoms with Crippen LogP contribution < -0.4 is 0 Å². The fourth-order valence-corrected chi connectivity index (χ4v) is 2.48. The predicted molar refractivity (Wildman–Crippen MR) is 80.4 cm³/mol. The lowest BCUT2D eigenvalue weighted by Crippen LogP contribution is -2.16. The molecule has 0 saturated heterocycles. The van der Waals surface area contributed by atoms with Crippen LogP contribution in [0.25, 0.3) is 0 Å². The first-order valence-corrected chi connectivity index (χ1v) is 6.74. The predicted octanol–water partition coefficient (Wildman–Crippen LogP) is 4.37. The van der Waals surface area contributed by atoms with E-state index in [1.54, 1.807) is 0 Å². The van der Waals surface area contributed by atoms with Crippen molar-refractivity contribution in [2.24, 2.45) is 0 Å². The van der Waals surface area contributed by atoms with Crippen molar-refractivity contribution in [2.75, 3.05) is 0 Å². The van der Waals surface area contributed by atoms with Gasteiger partial charge in [-0.25, -0.2) is 0 Å². The van der Waals surface area contributed by atoms with E-state index < -0.39 is 6.10 Å². The Labute approximate surface area is 115 Å². The van der Waals surface area contributed by atoms with Crippen molar-refractivity contribution in [2.45, 2.75) is 39.2 Å². The number of aliphatic hydroxyl groups is 1. The second kappa shape index (κ2) is 5.18. The maximum Gasteiger partial charge on any atom is 0.105 e. The van der Waals surface area contributed by atoms with Gasteiger partial charge in [0.05, 0.1) is 0 Å². The molecule has 1 heteroatoms. The lowest BCUT2D eigenvalue weighted by Gasteiger charge is -2.26. The zero-order valence-corrected chi connectivity index (χ0v) is 12.1. The van der Waals surface area contributed by atoms with Crippen LogP contribution in [-0.4, -0.2) is 5.11 Å². The minimum absolute atomic E-state index is 0.0280. The molecule has 1 nitrogen and oxygen atoms in total. The fourth-order valence-electron chi connectivity index (χ4n) is 2.48. The van der Waals surface area contributed by atoms with Crippen molar-refractivity contribution in [3.63, 3.8) is 0 Å². The Morgan fingerprint density at radius 2 is 1.37 bits per heavy atom. The Balaban J connectivity index is 2.51. The number of rotatable bonds is 2. The van der Waals surface area contributed by atoms with Crippen LogP contribution in [0, 0.1) is 6.92 Å². The summed E-state index contributed by atoms with van der Waals surface area (Å²) in [6.07, 6.45) is -0.559. The molecule has 0 aliphatic heterocycles. The molecule has 1 N–H and O–H groups in total. The van der Waals surface area contributed by atoms with E-state index in [0.717, 1.165) is 16.7 Å². The van der Waals surface area contributed by atoms with Crippen molar-refractivity contribution in [1.82, 2.24) is 0 Å². The Morgan fingerprint density at radius 3 is 1.95 bits per heavy atom. The van der Waals surface area contributed by atoms with E-state index >= 15 is 0 Å². The molecule has 0 aromatic heterocycles. The summed E-state index contributed by atoms with van der Waals surface area (Å²) in [7, 11) is 0. The molecule has 0 spiro atoms. The van der Waals surface area contributed by atoms with Crippen LogP contribution in [-0.2, 0) is 5.41 Å². The van der Waals surface area contributed by atoms with Crippen LogP contribution in [0.15, 0.2) is 48.5 Å². The molecule has 0 amide bonds. The van der Waals surface area contributed by atoms with Gasteiger partial charge in [-0.3, -0.25) is 0 Å². The smallest absolute Gasteiger partial charge is 0.105 e. The van der Waals surface area contributed by atoms with Gasteiger partial charge in [-0.05, 0) is 34.6 Å². The molecular formula is C18H22O. The first kappa shape index (κ1) is 13.8. The van der Waals surface area contributed by atoms with Crippen molar-refractivity contribution in [3.05, 3.63) is 70.8 Å². The molecule has 1 unspecified atom stereocenters. The van der Waals surface area contributed by atoms with E-state index in [9.17, 15) is 5.11 Å². The lowest BCUT2D eigenvalue weighted by molar-refractivity contribution is 0.217. The summed E-state index contributed by atoms with van der Waals surface area (Å²) >= 11 is 0. The van der Waals surface area contributed by atoms with Crippen molar-refractivity contribution < 1.29 is 5.11 Å². The van der Waals surface area contributed by atoms with Crippen molar-refractivity contribution >= 4 is 0 Å². The van der Waals surface area contributed by atoms with Gasteiger partial charge < -0.3 is 5.11 Å². The van der Waals surface area contributed by atoms with Gasteiger partial charge in [0.25, 0.3) is 0 Å². The first-order valence-electron chi connectivity index (χ1n) is 6.74. The molecule has 2 aromatic rings. The molecule has 0 bridgehead atoms. The van der Waals surface area contributed by atoms with E-state index in [0.29, 0.717) is 0 Å². The van der Waals surface area contributed by atoms with Gasteiger partial charge in [-0.2, -0.15) is 0 Å². The number of hydrogen-bond acceptors (Lipinski definition) is 1. The highest BCUT2D eigenvalue weighted by atomic mass is 16.3. The monoisotopic (exact) mass is 254 g/mol. The number of benzene rings is 2. The molecule has 0 saturated carbocycles. The molecule has 0 aliphatic rings. The summed E-state index contributed by atoms with van der Waals surface area (Å²) in [6.45, 7) is 8.57. The lowest BCUT2D eigenvalue weighted by atomic mass is 9.81. The van der Waals surface area contributed by atoms with E-state index in [1.165, 1.54) is 5.56 Å². The largest absolute Gasteiger partial charge is 0.384 e. The van der Waals surface area contributed by atoms with E-state index in [2.05, 4.69) is 26.8 Å². The quantitative estimate of drug-likeness (QED) is 0.843. The normalized spacial score (nSPS) is 13.3. The topological polar surface area (TPSA) is 20.2 Å². The number of hydrogen-bond donors (Lipinski definition) is 1. The fraction of sp³-hybridized carbons (Fsp3) is 0.333. The maximum atomic E-state index is 10.7. The third kappa shape index (κ3) is 2.87. The summed E-state index contributed by atoms with van der Waals surface area (Å²) in [5.41, 5.74) is 4.34. The number of aliphatic hydroxyl groups excluding tert-OH is 1. The number of aryl methyl sites for hydroxylation is 1. The highest BCUT2D eigenvalue weighted by Crippen LogP contribution is 2.33. The highest BCUT2D eigenvalue weighted by molar-refractivity contribution is 5.41. The third-order valence-corrected chi connectivity index (χ3v) is 3.55. The third-order valence-electron chi connectivity index (χ3n) is 3.55. The summed E-state index contributed by atoms with van der Waals surface area (Å²) in [5.74, 6) is 0. The van der Waals surface area contributed by atoms with Crippen LogP contribution in [0.1, 0.15) is 49.1 Å². The van der Waals surface area contributed by atoms with Gasteiger partial charge in [-0.15, -0.1) is 0 Å². The van der Waals surface area contributed by atoms with Crippen LogP contribution in [0.2, 0.25) is 0 Å². The van der Waals surface area contributed by atoms with Crippen molar-refractivity contribution in [1.29, 1.82) is 0 Å². The standard InChI is InChI=1S/C18H22O/c1-13-9-5-6-10-14(13)17(19)15-11-7-8-12-16(15)18(2,3)4/h5-12,17,19H,1-4H3. The van der Waals surface area contributed by atoms with Crippen LogP contribution in [0.5, 0.6) is 0 Å². The summed E-state index contributed by atoms with van der Waals surface area (Å²) in [4.78, 5) is 0. The van der Waals surface area contributed by atoms with Gasteiger partial charge in [0.2, 0.25) is 0 Å². The van der Waals surface area contributed by atoms with Gasteiger partial charge in [-0.1, -0.05) is 69.3 Å². The second-order valence-electron chi connectivity index (χ2n) is 6.10. The Morgan fingerprint density at radius 1 is 0.842 bits per heavy atom. The average molecular weight is 254 g/mol. The van der Waals surface area contributed by atoms with Gasteiger partial charge >= 0.3 is 0 Å². The molecule has 1 atom stereocenters. The van der Waals surface area contributed by atoms with E-state index in [1.807, 2.05) is 49.4 Å². The molecule has 2 rings (SSSR count). The zero-order valence-electron chi connectivity index (χ0n) is 12.1. The van der Waals surface area contributed by atoms with E-state index in [-0.39, 0.29) is 5.41 Å². The molecule has 0 radical (unpaired) electrons. The minimum Gasteiger partial charge on any atom is -0.384 e. The highest BCUT2D eigenvalue weighted by Gasteiger charge is 2.22. The summed E-state index contributed by atoms with van der Waals surface area (Å²) in [5, 5.41) is 10.7. The van der Waals surface area contributed by atoms with Gasteiger partial charge in [0.1, 0.15) is 6.10 Å². The Bertz CT molecular complexity index is 564. The molecule has 0 aliphatic carbocycles. The average Bonchev–Trinajstić information content (AvgIpc) is 2.37.